The van der Waals surface area contributed by atoms with Gasteiger partial charge in [-0.25, -0.2) is 4.68 Å². The number of anilines is 1. The molecular formula is C17H17N5O2. The fourth-order valence-electron chi connectivity index (χ4n) is 2.26. The number of aromatic nitrogens is 4. The van der Waals surface area contributed by atoms with Gasteiger partial charge in [-0.1, -0.05) is 18.2 Å². The molecule has 0 fully saturated rings. The van der Waals surface area contributed by atoms with Crippen LogP contribution < -0.4 is 10.1 Å². The highest BCUT2D eigenvalue weighted by atomic mass is 16.5. The number of aryl methyl sites for hydroxylation is 1. The second-order valence-corrected chi connectivity index (χ2v) is 5.22. The van der Waals surface area contributed by atoms with Gasteiger partial charge in [0.2, 0.25) is 5.91 Å². The molecule has 1 amide bonds. The second-order valence-electron chi connectivity index (χ2n) is 5.22. The first-order valence-corrected chi connectivity index (χ1v) is 7.54. The fourth-order valence-corrected chi connectivity index (χ4v) is 2.26. The van der Waals surface area contributed by atoms with Gasteiger partial charge in [-0.15, -0.1) is 5.10 Å². The van der Waals surface area contributed by atoms with Gasteiger partial charge in [0.15, 0.2) is 0 Å². The third kappa shape index (κ3) is 3.95. The van der Waals surface area contributed by atoms with Crippen LogP contribution in [-0.4, -0.2) is 32.7 Å². The van der Waals surface area contributed by atoms with Crippen molar-refractivity contribution in [3.63, 3.8) is 0 Å². The summed E-state index contributed by atoms with van der Waals surface area (Å²) < 4.78 is 7.10. The minimum Gasteiger partial charge on any atom is -0.493 e. The van der Waals surface area contributed by atoms with Crippen LogP contribution in [0.5, 0.6) is 5.75 Å². The maximum Gasteiger partial charge on any atom is 0.227 e. The van der Waals surface area contributed by atoms with Crippen molar-refractivity contribution >= 4 is 11.6 Å². The first-order chi connectivity index (χ1) is 11.7. The number of carbonyl (C=O) groups excluding carboxylic acids is 1. The SMILES string of the molecule is Cc1cc(NC(=O)CCOc2ccccc2)ccc1-n1cnnn1. The quantitative estimate of drug-likeness (QED) is 0.753. The van der Waals surface area contributed by atoms with E-state index in [1.807, 2.05) is 55.5 Å². The van der Waals surface area contributed by atoms with Crippen LogP contribution in [0.4, 0.5) is 5.69 Å². The van der Waals surface area contributed by atoms with E-state index >= 15 is 0 Å². The topological polar surface area (TPSA) is 81.9 Å². The Bertz CT molecular complexity index is 803. The Hall–Kier alpha value is -3.22. The molecule has 0 radical (unpaired) electrons. The van der Waals surface area contributed by atoms with E-state index in [0.29, 0.717) is 6.61 Å². The molecule has 0 saturated carbocycles. The van der Waals surface area contributed by atoms with Gasteiger partial charge in [-0.05, 0) is 53.2 Å². The number of benzene rings is 2. The van der Waals surface area contributed by atoms with E-state index in [4.69, 9.17) is 4.74 Å². The van der Waals surface area contributed by atoms with Crippen LogP contribution in [0.1, 0.15) is 12.0 Å². The number of rotatable bonds is 6. The number of amides is 1. The number of nitrogens with one attached hydrogen (secondary N) is 1. The molecule has 0 spiro atoms. The average Bonchev–Trinajstić information content (AvgIpc) is 3.10. The molecule has 7 heteroatoms. The van der Waals surface area contributed by atoms with E-state index in [9.17, 15) is 4.79 Å². The highest BCUT2D eigenvalue weighted by Gasteiger charge is 2.07. The molecule has 24 heavy (non-hydrogen) atoms. The molecule has 7 nitrogen and oxygen atoms in total. The van der Waals surface area contributed by atoms with Crippen LogP contribution in [0.3, 0.4) is 0 Å². The van der Waals surface area contributed by atoms with Gasteiger partial charge in [-0.3, -0.25) is 4.79 Å². The Morgan fingerprint density at radius 3 is 2.75 bits per heavy atom. The van der Waals surface area contributed by atoms with Gasteiger partial charge in [0, 0.05) is 5.69 Å². The van der Waals surface area contributed by atoms with Crippen molar-refractivity contribution in [2.45, 2.75) is 13.3 Å². The Morgan fingerprint density at radius 1 is 1.21 bits per heavy atom. The van der Waals surface area contributed by atoms with E-state index in [1.165, 1.54) is 6.33 Å². The van der Waals surface area contributed by atoms with Crippen molar-refractivity contribution in [3.05, 3.63) is 60.4 Å². The molecule has 3 rings (SSSR count). The predicted molar refractivity (Wildman–Crippen MR) is 89.1 cm³/mol. The van der Waals surface area contributed by atoms with Crippen LogP contribution in [0.25, 0.3) is 5.69 Å². The molecule has 1 N–H and O–H groups in total. The Morgan fingerprint density at radius 2 is 2.04 bits per heavy atom. The molecule has 0 atom stereocenters. The fraction of sp³-hybridized carbons (Fsp3) is 0.176. The average molecular weight is 323 g/mol. The molecule has 2 aromatic carbocycles. The molecule has 0 unspecified atom stereocenters. The van der Waals surface area contributed by atoms with Crippen molar-refractivity contribution in [2.75, 3.05) is 11.9 Å². The summed E-state index contributed by atoms with van der Waals surface area (Å²) in [5, 5.41) is 14.0. The maximum atomic E-state index is 12.0. The first kappa shape index (κ1) is 15.7. The molecule has 0 aliphatic carbocycles. The molecule has 1 heterocycles. The van der Waals surface area contributed by atoms with Gasteiger partial charge in [0.1, 0.15) is 12.1 Å². The number of carbonyl (C=O) groups is 1. The summed E-state index contributed by atoms with van der Waals surface area (Å²) in [5.41, 5.74) is 2.56. The van der Waals surface area contributed by atoms with E-state index < -0.39 is 0 Å². The monoisotopic (exact) mass is 323 g/mol. The summed E-state index contributed by atoms with van der Waals surface area (Å²) in [6, 6.07) is 15.0. The third-order valence-corrected chi connectivity index (χ3v) is 3.42. The Balaban J connectivity index is 1.54. The van der Waals surface area contributed by atoms with Gasteiger partial charge in [0.25, 0.3) is 0 Å². The summed E-state index contributed by atoms with van der Waals surface area (Å²) >= 11 is 0. The van der Waals surface area contributed by atoms with E-state index in [-0.39, 0.29) is 12.3 Å². The number of nitrogens with zero attached hydrogens (tertiary/aromatic N) is 4. The highest BCUT2D eigenvalue weighted by molar-refractivity contribution is 5.91. The zero-order valence-electron chi connectivity index (χ0n) is 13.2. The summed E-state index contributed by atoms with van der Waals surface area (Å²) in [6.45, 7) is 2.27. The minimum absolute atomic E-state index is 0.0968. The predicted octanol–water partition coefficient (Wildman–Crippen LogP) is 2.38. The van der Waals surface area contributed by atoms with Crippen molar-refractivity contribution in [1.82, 2.24) is 20.2 Å². The molecule has 0 saturated heterocycles. The van der Waals surface area contributed by atoms with Crippen LogP contribution in [-0.2, 0) is 4.79 Å². The van der Waals surface area contributed by atoms with E-state index in [1.54, 1.807) is 4.68 Å². The minimum atomic E-state index is -0.0968. The first-order valence-electron chi connectivity index (χ1n) is 7.54. The normalized spacial score (nSPS) is 10.4. The van der Waals surface area contributed by atoms with E-state index in [2.05, 4.69) is 20.8 Å². The lowest BCUT2D eigenvalue weighted by atomic mass is 10.1. The summed E-state index contributed by atoms with van der Waals surface area (Å²) in [5.74, 6) is 0.660. The lowest BCUT2D eigenvalue weighted by molar-refractivity contribution is -0.116. The van der Waals surface area contributed by atoms with Crippen molar-refractivity contribution < 1.29 is 9.53 Å². The smallest absolute Gasteiger partial charge is 0.227 e. The lowest BCUT2D eigenvalue weighted by Crippen LogP contribution is -2.15. The molecule has 3 aromatic rings. The van der Waals surface area contributed by atoms with E-state index in [0.717, 1.165) is 22.7 Å². The number of para-hydroxylation sites is 1. The highest BCUT2D eigenvalue weighted by Crippen LogP contribution is 2.18. The summed E-state index contributed by atoms with van der Waals surface area (Å²) in [4.78, 5) is 12.0. The number of hydrogen-bond donors (Lipinski definition) is 1. The van der Waals surface area contributed by atoms with Gasteiger partial charge < -0.3 is 10.1 Å². The molecule has 0 aliphatic heterocycles. The van der Waals surface area contributed by atoms with Crippen molar-refractivity contribution in [1.29, 1.82) is 0 Å². The van der Waals surface area contributed by atoms with Crippen LogP contribution >= 0.6 is 0 Å². The number of tetrazole rings is 1. The molecule has 1 aromatic heterocycles. The largest absolute Gasteiger partial charge is 0.493 e. The van der Waals surface area contributed by atoms with Crippen LogP contribution in [0.2, 0.25) is 0 Å². The van der Waals surface area contributed by atoms with Crippen LogP contribution in [0, 0.1) is 6.92 Å². The third-order valence-electron chi connectivity index (χ3n) is 3.42. The van der Waals surface area contributed by atoms with Crippen molar-refractivity contribution in [2.24, 2.45) is 0 Å². The zero-order valence-corrected chi connectivity index (χ0v) is 13.2. The maximum absolute atomic E-state index is 12.0. The van der Waals surface area contributed by atoms with Gasteiger partial charge in [0.05, 0.1) is 18.7 Å². The Labute approximate surface area is 139 Å². The van der Waals surface area contributed by atoms with Gasteiger partial charge >= 0.3 is 0 Å². The molecule has 0 aliphatic rings. The summed E-state index contributed by atoms with van der Waals surface area (Å²) in [7, 11) is 0. The molecular weight excluding hydrogens is 306 g/mol. The van der Waals surface area contributed by atoms with Crippen molar-refractivity contribution in [3.8, 4) is 11.4 Å². The Kier molecular flexibility index (Phi) is 4.81. The number of ether oxygens (including phenoxy) is 1. The number of hydrogen-bond acceptors (Lipinski definition) is 5. The standard InChI is InChI=1S/C17H17N5O2/c1-13-11-14(7-8-16(13)22-12-18-20-21-22)19-17(23)9-10-24-15-5-3-2-4-6-15/h2-8,11-12H,9-10H2,1H3,(H,19,23). The van der Waals surface area contributed by atoms with Crippen LogP contribution in [0.15, 0.2) is 54.9 Å². The molecule has 0 bridgehead atoms. The molecule has 122 valence electrons. The lowest BCUT2D eigenvalue weighted by Gasteiger charge is -2.10. The zero-order chi connectivity index (χ0) is 16.8. The summed E-state index contributed by atoms with van der Waals surface area (Å²) in [6.07, 6.45) is 1.81. The van der Waals surface area contributed by atoms with Gasteiger partial charge in [-0.2, -0.15) is 0 Å². The second kappa shape index (κ2) is 7.36.